The standard InChI is InChI=1S/C35H22N2S.2C34H21N3S/c1-2-11-27-25(9-1)26-10-3-4-12-28(26)30-21-23(17-19-29(27)30)31-20-18-24(22-36-31)37-32-13-5-7-15-34(32)38-35-16-8-6-14-33(35)37;1-2-11-26-24(9-1)25-10-3-4-12-27(25)29-19-22(17-18-28(26)29)34-35-20-23(21-36-34)37-30-13-5-7-15-32(30)38-33-16-8-6-14-31(33)37;1-2-11-26-24(9-1)25-10-3-4-12-27(25)29-19-22(17-18-28(26)29)23-20-35-34(36-21-23)37-30-13-5-7-15-32(30)38-33-16-8-6-14-31(33)37/h1-22H;2*1-21H. The highest BCUT2D eigenvalue weighted by Crippen LogP contribution is 2.55. The van der Waals surface area contributed by atoms with Crippen molar-refractivity contribution in [1.29, 1.82) is 0 Å². The second-order valence-electron chi connectivity index (χ2n) is 28.6. The summed E-state index contributed by atoms with van der Waals surface area (Å²) in [6.07, 6.45) is 9.77. The van der Waals surface area contributed by atoms with Crippen molar-refractivity contribution in [2.24, 2.45) is 0 Å². The summed E-state index contributed by atoms with van der Waals surface area (Å²) in [6.45, 7) is 0. The van der Waals surface area contributed by atoms with Crippen LogP contribution in [0.3, 0.4) is 0 Å². The van der Waals surface area contributed by atoms with Crippen LogP contribution in [0.5, 0.6) is 0 Å². The summed E-state index contributed by atoms with van der Waals surface area (Å²) in [5, 5.41) is 22.8. The third-order valence-electron chi connectivity index (χ3n) is 22.2. The molecule has 0 atom stereocenters. The molecule has 0 saturated heterocycles. The number of nitrogens with zero attached hydrogens (tertiary/aromatic N) is 8. The van der Waals surface area contributed by atoms with E-state index < -0.39 is 0 Å². The average Bonchev–Trinajstić information content (AvgIpc) is 0.736. The largest absolute Gasteiger partial charge is 0.307 e. The molecule has 6 heterocycles. The predicted molar refractivity (Wildman–Crippen MR) is 479 cm³/mol. The minimum absolute atomic E-state index is 0.672. The molecule has 0 spiro atoms. The lowest BCUT2D eigenvalue weighted by Gasteiger charge is -2.32. The molecule has 3 aliphatic rings. The number of para-hydroxylation sites is 6. The first-order valence-electron chi connectivity index (χ1n) is 38.1. The molecule has 0 N–H and O–H groups in total. The Hall–Kier alpha value is -13.9. The first kappa shape index (κ1) is 67.0. The van der Waals surface area contributed by atoms with Gasteiger partial charge in [0, 0.05) is 58.5 Å². The lowest BCUT2D eigenvalue weighted by molar-refractivity contribution is 1.04. The third kappa shape index (κ3) is 11.5. The van der Waals surface area contributed by atoms with E-state index in [4.69, 9.17) is 24.9 Å². The quantitative estimate of drug-likeness (QED) is 0.149. The molecule has 0 radical (unpaired) electrons. The van der Waals surface area contributed by atoms with Crippen LogP contribution in [0.25, 0.3) is 131 Å². The van der Waals surface area contributed by atoms with Gasteiger partial charge >= 0.3 is 0 Å². The zero-order valence-corrected chi connectivity index (χ0v) is 63.7. The lowest BCUT2D eigenvalue weighted by Crippen LogP contribution is -2.17. The predicted octanol–water partition coefficient (Wildman–Crippen LogP) is 29.2. The highest BCUT2D eigenvalue weighted by molar-refractivity contribution is 8.00. The first-order valence-corrected chi connectivity index (χ1v) is 40.6. The highest BCUT2D eigenvalue weighted by Gasteiger charge is 2.29. The molecule has 24 rings (SSSR count). The second kappa shape index (κ2) is 28.1. The van der Waals surface area contributed by atoms with Crippen molar-refractivity contribution < 1.29 is 0 Å². The molecule has 3 aromatic heterocycles. The molecule has 0 unspecified atom stereocenters. The zero-order chi connectivity index (χ0) is 75.2. The van der Waals surface area contributed by atoms with Crippen LogP contribution in [-0.2, 0) is 0 Å². The Balaban J connectivity index is 0.000000104. The van der Waals surface area contributed by atoms with Gasteiger partial charge in [-0.15, -0.1) is 0 Å². The van der Waals surface area contributed by atoms with E-state index >= 15 is 0 Å². The Morgan fingerprint density at radius 1 is 0.175 bits per heavy atom. The van der Waals surface area contributed by atoms with Crippen LogP contribution < -0.4 is 14.7 Å². The maximum Gasteiger partial charge on any atom is 0.234 e. The maximum absolute atomic E-state index is 4.97. The van der Waals surface area contributed by atoms with Crippen molar-refractivity contribution >= 4 is 184 Å². The van der Waals surface area contributed by atoms with Crippen molar-refractivity contribution in [2.45, 2.75) is 29.4 Å². The van der Waals surface area contributed by atoms with E-state index in [2.05, 4.69) is 373 Å². The van der Waals surface area contributed by atoms with Crippen LogP contribution in [0.4, 0.5) is 51.4 Å². The van der Waals surface area contributed by atoms with E-state index in [0.29, 0.717) is 5.95 Å². The number of pyridine rings is 1. The molecule has 0 amide bonds. The monoisotopic (exact) mass is 1510 g/mol. The molecule has 114 heavy (non-hydrogen) atoms. The summed E-state index contributed by atoms with van der Waals surface area (Å²) in [5.41, 5.74) is 14.1. The number of benzene rings is 18. The summed E-state index contributed by atoms with van der Waals surface area (Å²) in [6, 6.07) is 127. The van der Waals surface area contributed by atoms with Crippen molar-refractivity contribution in [2.75, 3.05) is 14.7 Å². The fourth-order valence-corrected chi connectivity index (χ4v) is 20.1. The minimum atomic E-state index is 0.672. The number of rotatable bonds is 6. The zero-order valence-electron chi connectivity index (χ0n) is 61.3. The van der Waals surface area contributed by atoms with Gasteiger partial charge in [0.25, 0.3) is 0 Å². The van der Waals surface area contributed by atoms with E-state index in [0.717, 1.165) is 67.9 Å². The fraction of sp³-hybridized carbons (Fsp3) is 0. The molecule has 534 valence electrons. The van der Waals surface area contributed by atoms with Crippen molar-refractivity contribution in [3.63, 3.8) is 0 Å². The van der Waals surface area contributed by atoms with Crippen LogP contribution >= 0.6 is 35.3 Å². The number of hydrogen-bond donors (Lipinski definition) is 0. The van der Waals surface area contributed by atoms with E-state index in [9.17, 15) is 0 Å². The molecule has 8 nitrogen and oxygen atoms in total. The van der Waals surface area contributed by atoms with Gasteiger partial charge in [-0.05, 0) is 206 Å². The number of aromatic nitrogens is 5. The molecule has 11 heteroatoms. The van der Waals surface area contributed by atoms with Crippen LogP contribution in [-0.4, -0.2) is 24.9 Å². The summed E-state index contributed by atoms with van der Waals surface area (Å²) >= 11 is 5.41. The summed E-state index contributed by atoms with van der Waals surface area (Å²) < 4.78 is 0. The SMILES string of the molecule is c1ccc2c(c1)Sc1ccccc1N2c1ccc(-c2ccc3c4ccccc4c4ccccc4c3c2)nc1.c1ccc2c(c1)Sc1ccccc1N2c1cnc(-c2ccc3c4ccccc4c4ccccc4c3c2)nc1.c1ccc2c(c1)Sc1ccccc1N2c1ncc(-c2ccc3c4ccccc4c4ccccc4c3c2)cn1. The van der Waals surface area contributed by atoms with Crippen LogP contribution in [0.15, 0.2) is 418 Å². The van der Waals surface area contributed by atoms with Crippen molar-refractivity contribution in [3.8, 4) is 33.8 Å². The smallest absolute Gasteiger partial charge is 0.234 e. The maximum atomic E-state index is 4.97. The minimum Gasteiger partial charge on any atom is -0.307 e. The topological polar surface area (TPSA) is 74.2 Å². The second-order valence-corrected chi connectivity index (χ2v) is 31.9. The number of anilines is 9. The van der Waals surface area contributed by atoms with E-state index in [1.165, 1.54) is 138 Å². The van der Waals surface area contributed by atoms with Crippen molar-refractivity contribution in [3.05, 3.63) is 389 Å². The average molecular weight is 1510 g/mol. The molecule has 18 aromatic carbocycles. The highest BCUT2D eigenvalue weighted by atomic mass is 32.2. The van der Waals surface area contributed by atoms with Gasteiger partial charge in [-0.2, -0.15) is 0 Å². The van der Waals surface area contributed by atoms with Crippen LogP contribution in [0, 0.1) is 0 Å². The van der Waals surface area contributed by atoms with Gasteiger partial charge in [-0.3, -0.25) is 9.88 Å². The molecule has 0 saturated carbocycles. The van der Waals surface area contributed by atoms with Gasteiger partial charge in [0.2, 0.25) is 5.95 Å². The summed E-state index contributed by atoms with van der Waals surface area (Å²) in [5.74, 6) is 1.40. The normalized spacial score (nSPS) is 12.6. The van der Waals surface area contributed by atoms with Gasteiger partial charge in [0.05, 0.1) is 69.8 Å². The van der Waals surface area contributed by atoms with E-state index in [1.54, 1.807) is 23.5 Å². The Morgan fingerprint density at radius 2 is 0.439 bits per heavy atom. The Bertz CT molecular complexity index is 6500. The van der Waals surface area contributed by atoms with Crippen LogP contribution in [0.2, 0.25) is 0 Å². The molecule has 0 aliphatic carbocycles. The molecular formula is C103H64N8S3. The third-order valence-corrected chi connectivity index (χ3v) is 25.5. The molecule has 21 aromatic rings. The Kier molecular flexibility index (Phi) is 16.5. The van der Waals surface area contributed by atoms with Gasteiger partial charge in [0.1, 0.15) is 0 Å². The lowest BCUT2D eigenvalue weighted by atomic mass is 9.92. The molecular weight excluding hydrogens is 1450 g/mol. The molecule has 0 fully saturated rings. The number of fused-ring (bicyclic) bond motifs is 24. The van der Waals surface area contributed by atoms with Gasteiger partial charge in [-0.25, -0.2) is 19.9 Å². The molecule has 0 bridgehead atoms. The van der Waals surface area contributed by atoms with Crippen LogP contribution in [0.1, 0.15) is 0 Å². The number of hydrogen-bond acceptors (Lipinski definition) is 11. The van der Waals surface area contributed by atoms with E-state index in [1.807, 2.05) is 42.7 Å². The Labute approximate surface area is 670 Å². The van der Waals surface area contributed by atoms with Gasteiger partial charge in [0.15, 0.2) is 5.82 Å². The van der Waals surface area contributed by atoms with Gasteiger partial charge in [-0.1, -0.05) is 290 Å². The van der Waals surface area contributed by atoms with Gasteiger partial charge < -0.3 is 9.80 Å². The summed E-state index contributed by atoms with van der Waals surface area (Å²) in [4.78, 5) is 38.5. The van der Waals surface area contributed by atoms with Crippen molar-refractivity contribution in [1.82, 2.24) is 24.9 Å². The Morgan fingerprint density at radius 3 is 0.781 bits per heavy atom. The van der Waals surface area contributed by atoms with E-state index in [-0.39, 0.29) is 0 Å². The first-order chi connectivity index (χ1) is 56.5. The molecule has 3 aliphatic heterocycles. The summed E-state index contributed by atoms with van der Waals surface area (Å²) in [7, 11) is 0. The fourth-order valence-electron chi connectivity index (χ4n) is 16.9.